The first-order chi connectivity index (χ1) is 11.9. The number of amides is 3. The Morgan fingerprint density at radius 3 is 2.72 bits per heavy atom. The van der Waals surface area contributed by atoms with Crippen LogP contribution < -0.4 is 15.4 Å². The van der Waals surface area contributed by atoms with Gasteiger partial charge in [0.2, 0.25) is 0 Å². The number of ether oxygens (including phenoxy) is 2. The lowest BCUT2D eigenvalue weighted by atomic mass is 10.2. The summed E-state index contributed by atoms with van der Waals surface area (Å²) in [7, 11) is 1.40. The largest absolute Gasteiger partial charge is 0.503 e. The Morgan fingerprint density at radius 2 is 2.08 bits per heavy atom. The minimum Gasteiger partial charge on any atom is -0.503 e. The molecule has 0 aromatic heterocycles. The Bertz CT molecular complexity index is 715. The molecule has 0 spiro atoms. The molecule has 0 bridgehead atoms. The van der Waals surface area contributed by atoms with Crippen LogP contribution in [0.3, 0.4) is 0 Å². The maximum atomic E-state index is 11.6. The average Bonchev–Trinajstić information content (AvgIpc) is 3.37. The number of rotatable bonds is 6. The second-order valence-corrected chi connectivity index (χ2v) is 6.14. The molecule has 1 aliphatic carbocycles. The van der Waals surface area contributed by atoms with Crippen molar-refractivity contribution in [2.45, 2.75) is 18.9 Å². The van der Waals surface area contributed by atoms with Crippen molar-refractivity contribution in [1.82, 2.24) is 10.6 Å². The van der Waals surface area contributed by atoms with Crippen LogP contribution in [0.25, 0.3) is 6.08 Å². The summed E-state index contributed by atoms with van der Waals surface area (Å²) >= 11 is 3.17. The Labute approximate surface area is 152 Å². The molecule has 3 N–H and O–H groups in total. The van der Waals surface area contributed by atoms with Gasteiger partial charge in [-0.05, 0) is 52.5 Å². The highest BCUT2D eigenvalue weighted by molar-refractivity contribution is 9.10. The number of esters is 1. The molecule has 0 unspecified atom stereocenters. The maximum Gasteiger partial charge on any atom is 0.331 e. The van der Waals surface area contributed by atoms with Crippen molar-refractivity contribution in [3.8, 4) is 11.5 Å². The molecule has 134 valence electrons. The molecule has 9 heteroatoms. The molecule has 1 aromatic rings. The normalized spacial score (nSPS) is 13.4. The van der Waals surface area contributed by atoms with E-state index in [9.17, 15) is 19.5 Å². The number of urea groups is 1. The minimum absolute atomic E-state index is 0.0524. The maximum absolute atomic E-state index is 11.6. The lowest BCUT2D eigenvalue weighted by molar-refractivity contribution is -0.143. The van der Waals surface area contributed by atoms with Crippen LogP contribution in [0.2, 0.25) is 0 Å². The van der Waals surface area contributed by atoms with Crippen molar-refractivity contribution in [1.29, 1.82) is 0 Å². The third-order valence-corrected chi connectivity index (χ3v) is 3.80. The van der Waals surface area contributed by atoms with Gasteiger partial charge in [-0.2, -0.15) is 0 Å². The number of hydrogen-bond acceptors (Lipinski definition) is 6. The first-order valence-corrected chi connectivity index (χ1v) is 8.20. The van der Waals surface area contributed by atoms with E-state index in [4.69, 9.17) is 9.47 Å². The van der Waals surface area contributed by atoms with Crippen LogP contribution in [0.5, 0.6) is 11.5 Å². The van der Waals surface area contributed by atoms with Crippen molar-refractivity contribution in [3.05, 3.63) is 28.2 Å². The Morgan fingerprint density at radius 1 is 1.36 bits per heavy atom. The highest BCUT2D eigenvalue weighted by Gasteiger charge is 2.24. The van der Waals surface area contributed by atoms with E-state index in [2.05, 4.69) is 26.6 Å². The van der Waals surface area contributed by atoms with Gasteiger partial charge in [0.1, 0.15) is 0 Å². The van der Waals surface area contributed by atoms with Gasteiger partial charge in [-0.1, -0.05) is 0 Å². The summed E-state index contributed by atoms with van der Waals surface area (Å²) in [4.78, 5) is 34.4. The summed E-state index contributed by atoms with van der Waals surface area (Å²) in [6, 6.07) is 2.63. The molecule has 0 radical (unpaired) electrons. The van der Waals surface area contributed by atoms with E-state index in [1.165, 1.54) is 19.3 Å². The third-order valence-electron chi connectivity index (χ3n) is 3.19. The Balaban J connectivity index is 1.81. The minimum atomic E-state index is -0.749. The zero-order valence-corrected chi connectivity index (χ0v) is 15.0. The van der Waals surface area contributed by atoms with Crippen LogP contribution in [0.4, 0.5) is 4.79 Å². The molecule has 0 aliphatic heterocycles. The zero-order valence-electron chi connectivity index (χ0n) is 13.4. The molecule has 1 saturated carbocycles. The number of phenols is 1. The first kappa shape index (κ1) is 18.8. The van der Waals surface area contributed by atoms with Crippen molar-refractivity contribution < 1.29 is 29.0 Å². The third kappa shape index (κ3) is 6.11. The smallest absolute Gasteiger partial charge is 0.331 e. The van der Waals surface area contributed by atoms with Gasteiger partial charge in [-0.3, -0.25) is 10.1 Å². The Hall–Kier alpha value is -2.55. The number of hydrogen-bond donors (Lipinski definition) is 3. The van der Waals surface area contributed by atoms with Crippen LogP contribution in [-0.2, 0) is 14.3 Å². The summed E-state index contributed by atoms with van der Waals surface area (Å²) in [6.07, 6.45) is 4.36. The van der Waals surface area contributed by atoms with Gasteiger partial charge in [-0.25, -0.2) is 9.59 Å². The highest BCUT2D eigenvalue weighted by atomic mass is 79.9. The lowest BCUT2D eigenvalue weighted by Crippen LogP contribution is -2.42. The lowest BCUT2D eigenvalue weighted by Gasteiger charge is -2.06. The van der Waals surface area contributed by atoms with E-state index >= 15 is 0 Å². The van der Waals surface area contributed by atoms with Gasteiger partial charge in [0, 0.05) is 12.1 Å². The van der Waals surface area contributed by atoms with Crippen LogP contribution in [0.1, 0.15) is 18.4 Å². The van der Waals surface area contributed by atoms with E-state index in [0.29, 0.717) is 10.0 Å². The van der Waals surface area contributed by atoms with Crippen LogP contribution in [0, 0.1) is 0 Å². The van der Waals surface area contributed by atoms with Crippen LogP contribution >= 0.6 is 15.9 Å². The molecule has 0 heterocycles. The standard InChI is InChI=1S/C16H17BrN2O6/c1-24-12-7-9(6-11(17)15(12)22)2-5-14(21)25-8-13(20)19-16(23)18-10-3-4-10/h2,5-7,10,22H,3-4,8H2,1H3,(H2,18,19,20,23)/b5-2+. The highest BCUT2D eigenvalue weighted by Crippen LogP contribution is 2.35. The van der Waals surface area contributed by atoms with Gasteiger partial charge in [0.05, 0.1) is 11.6 Å². The predicted octanol–water partition coefficient (Wildman–Crippen LogP) is 1.71. The average molecular weight is 413 g/mol. The molecule has 3 amide bonds. The van der Waals surface area contributed by atoms with E-state index in [1.807, 2.05) is 0 Å². The quantitative estimate of drug-likeness (QED) is 0.483. The summed E-state index contributed by atoms with van der Waals surface area (Å²) in [6.45, 7) is -0.566. The van der Waals surface area contributed by atoms with Crippen LogP contribution in [0.15, 0.2) is 22.7 Å². The molecule has 25 heavy (non-hydrogen) atoms. The molecule has 1 aliphatic rings. The number of imide groups is 1. The molecular weight excluding hydrogens is 396 g/mol. The van der Waals surface area contributed by atoms with Crippen molar-refractivity contribution in [3.63, 3.8) is 0 Å². The number of carbonyl (C=O) groups excluding carboxylic acids is 3. The molecule has 8 nitrogen and oxygen atoms in total. The van der Waals surface area contributed by atoms with Crippen molar-refractivity contribution in [2.24, 2.45) is 0 Å². The van der Waals surface area contributed by atoms with Crippen LogP contribution in [-0.4, -0.2) is 42.8 Å². The number of nitrogens with one attached hydrogen (secondary N) is 2. The molecule has 1 aromatic carbocycles. The SMILES string of the molecule is COc1cc(/C=C/C(=O)OCC(=O)NC(=O)NC2CC2)cc(Br)c1O. The predicted molar refractivity (Wildman–Crippen MR) is 92.0 cm³/mol. The first-order valence-electron chi connectivity index (χ1n) is 7.40. The summed E-state index contributed by atoms with van der Waals surface area (Å²) < 4.78 is 10.2. The number of aromatic hydroxyl groups is 1. The fourth-order valence-corrected chi connectivity index (χ4v) is 2.27. The van der Waals surface area contributed by atoms with E-state index in [-0.39, 0.29) is 17.5 Å². The fourth-order valence-electron chi connectivity index (χ4n) is 1.81. The molecule has 0 saturated heterocycles. The van der Waals surface area contributed by atoms with E-state index in [0.717, 1.165) is 18.9 Å². The summed E-state index contributed by atoms with van der Waals surface area (Å²) in [5.41, 5.74) is 0.576. The number of methoxy groups -OCH3 is 1. The zero-order chi connectivity index (χ0) is 18.4. The fraction of sp³-hybridized carbons (Fsp3) is 0.312. The molecule has 0 atom stereocenters. The van der Waals surface area contributed by atoms with Gasteiger partial charge in [0.15, 0.2) is 18.1 Å². The number of carbonyl (C=O) groups is 3. The molecule has 2 rings (SSSR count). The topological polar surface area (TPSA) is 114 Å². The molecular formula is C16H17BrN2O6. The van der Waals surface area contributed by atoms with Gasteiger partial charge < -0.3 is 19.9 Å². The number of phenolic OH excluding ortho intramolecular Hbond substituents is 1. The van der Waals surface area contributed by atoms with Gasteiger partial charge in [-0.15, -0.1) is 0 Å². The Kier molecular flexibility index (Phi) is 6.40. The van der Waals surface area contributed by atoms with Gasteiger partial charge in [0.25, 0.3) is 5.91 Å². The van der Waals surface area contributed by atoms with E-state index in [1.54, 1.807) is 6.07 Å². The summed E-state index contributed by atoms with van der Waals surface area (Å²) in [5.74, 6) is -1.28. The number of benzene rings is 1. The van der Waals surface area contributed by atoms with Crippen molar-refractivity contribution in [2.75, 3.05) is 13.7 Å². The second-order valence-electron chi connectivity index (χ2n) is 5.29. The number of halogens is 1. The summed E-state index contributed by atoms with van der Waals surface area (Å²) in [5, 5.41) is 14.4. The van der Waals surface area contributed by atoms with E-state index < -0.39 is 24.5 Å². The van der Waals surface area contributed by atoms with Gasteiger partial charge >= 0.3 is 12.0 Å². The monoisotopic (exact) mass is 412 g/mol. The van der Waals surface area contributed by atoms with Crippen molar-refractivity contribution >= 4 is 39.9 Å². The second kappa shape index (κ2) is 8.52. The molecule has 1 fully saturated rings.